The molecular weight excluding hydrogens is 342 g/mol. The molecule has 2 heterocycles. The number of thioether (sulfide) groups is 1. The Morgan fingerprint density at radius 3 is 2.65 bits per heavy atom. The Morgan fingerprint density at radius 2 is 1.88 bits per heavy atom. The van der Waals surface area contributed by atoms with Crippen molar-refractivity contribution in [1.29, 1.82) is 0 Å². The fraction of sp³-hybridized carbons (Fsp3) is 0.524. The van der Waals surface area contributed by atoms with Crippen LogP contribution in [0.2, 0.25) is 0 Å². The maximum absolute atomic E-state index is 12.6. The third kappa shape index (κ3) is 3.68. The van der Waals surface area contributed by atoms with Gasteiger partial charge in [0.25, 0.3) is 0 Å². The maximum Gasteiger partial charge on any atom is 0.233 e. The highest BCUT2D eigenvalue weighted by atomic mass is 32.2. The zero-order chi connectivity index (χ0) is 17.9. The molecule has 4 rings (SSSR count). The number of amides is 1. The molecule has 1 aliphatic heterocycles. The zero-order valence-corrected chi connectivity index (χ0v) is 16.3. The van der Waals surface area contributed by atoms with Crippen LogP contribution >= 0.6 is 11.8 Å². The minimum atomic E-state index is 0.252. The number of aromatic nitrogens is 2. The Labute approximate surface area is 160 Å². The van der Waals surface area contributed by atoms with E-state index in [1.807, 2.05) is 11.0 Å². The van der Waals surface area contributed by atoms with Gasteiger partial charge >= 0.3 is 0 Å². The van der Waals surface area contributed by atoms with Crippen molar-refractivity contribution in [1.82, 2.24) is 14.5 Å². The lowest BCUT2D eigenvalue weighted by atomic mass is 9.99. The Bertz CT molecular complexity index is 763. The van der Waals surface area contributed by atoms with Crippen LogP contribution < -0.4 is 0 Å². The van der Waals surface area contributed by atoms with Crippen molar-refractivity contribution in [3.8, 4) is 5.69 Å². The minimum absolute atomic E-state index is 0.252. The molecule has 0 radical (unpaired) electrons. The van der Waals surface area contributed by atoms with E-state index in [4.69, 9.17) is 4.98 Å². The van der Waals surface area contributed by atoms with E-state index >= 15 is 0 Å². The summed E-state index contributed by atoms with van der Waals surface area (Å²) in [5.41, 5.74) is 3.72. The van der Waals surface area contributed by atoms with Crippen LogP contribution in [0.25, 0.3) is 5.69 Å². The monoisotopic (exact) mass is 369 g/mol. The smallest absolute Gasteiger partial charge is 0.233 e. The molecule has 0 bridgehead atoms. The molecule has 1 aromatic heterocycles. The molecule has 26 heavy (non-hydrogen) atoms. The van der Waals surface area contributed by atoms with Crippen LogP contribution in [0.3, 0.4) is 0 Å². The average molecular weight is 370 g/mol. The van der Waals surface area contributed by atoms with E-state index in [2.05, 4.69) is 35.8 Å². The Morgan fingerprint density at radius 1 is 1.15 bits per heavy atom. The maximum atomic E-state index is 12.6. The average Bonchev–Trinajstić information content (AvgIpc) is 3.05. The van der Waals surface area contributed by atoms with Crippen LogP contribution in [-0.2, 0) is 17.6 Å². The fourth-order valence-electron chi connectivity index (χ4n) is 3.93. The number of hydrogen-bond donors (Lipinski definition) is 0. The molecule has 0 spiro atoms. The lowest BCUT2D eigenvalue weighted by Crippen LogP contribution is -2.38. The van der Waals surface area contributed by atoms with Gasteiger partial charge in [-0.3, -0.25) is 9.36 Å². The first kappa shape index (κ1) is 17.7. The van der Waals surface area contributed by atoms with Crippen LogP contribution in [0, 0.1) is 5.92 Å². The van der Waals surface area contributed by atoms with Crippen molar-refractivity contribution in [3.05, 3.63) is 41.7 Å². The zero-order valence-electron chi connectivity index (χ0n) is 15.5. The molecule has 0 atom stereocenters. The number of rotatable bonds is 4. The van der Waals surface area contributed by atoms with E-state index in [9.17, 15) is 4.79 Å². The van der Waals surface area contributed by atoms with Gasteiger partial charge in [0.1, 0.15) is 0 Å². The van der Waals surface area contributed by atoms with Gasteiger partial charge in [-0.25, -0.2) is 4.98 Å². The molecule has 1 aliphatic carbocycles. The summed E-state index contributed by atoms with van der Waals surface area (Å²) in [6, 6.07) is 10.4. The number of aryl methyl sites for hydroxylation is 1. The molecule has 1 amide bonds. The number of imidazole rings is 1. The number of nitrogens with zero attached hydrogens (tertiary/aromatic N) is 3. The summed E-state index contributed by atoms with van der Waals surface area (Å²) in [5, 5.41) is 0.974. The number of carbonyl (C=O) groups is 1. The summed E-state index contributed by atoms with van der Waals surface area (Å²) in [6.07, 6.45) is 6.83. The van der Waals surface area contributed by atoms with Crippen molar-refractivity contribution < 1.29 is 4.79 Å². The van der Waals surface area contributed by atoms with Gasteiger partial charge in [-0.15, -0.1) is 0 Å². The fourth-order valence-corrected chi connectivity index (χ4v) is 4.89. The topological polar surface area (TPSA) is 38.1 Å². The molecule has 2 aromatic rings. The van der Waals surface area contributed by atoms with Crippen LogP contribution in [0.5, 0.6) is 0 Å². The third-order valence-corrected chi connectivity index (χ3v) is 6.50. The molecule has 1 aromatic carbocycles. The second-order valence-electron chi connectivity index (χ2n) is 7.52. The molecule has 2 aliphatic rings. The SMILES string of the molecule is CC1CCN(C(=O)CSc2nc3c(n2-c2ccccc2)CCCC3)CC1. The molecule has 0 N–H and O–H groups in total. The molecular formula is C21H27N3OS. The van der Waals surface area contributed by atoms with E-state index in [1.165, 1.54) is 24.2 Å². The van der Waals surface area contributed by atoms with Crippen molar-refractivity contribution in [2.75, 3.05) is 18.8 Å². The van der Waals surface area contributed by atoms with Crippen LogP contribution in [-0.4, -0.2) is 39.2 Å². The largest absolute Gasteiger partial charge is 0.342 e. The summed E-state index contributed by atoms with van der Waals surface area (Å²) < 4.78 is 2.28. The molecule has 0 saturated carbocycles. The van der Waals surface area contributed by atoms with Crippen LogP contribution in [0.1, 0.15) is 44.0 Å². The quantitative estimate of drug-likeness (QED) is 0.762. The lowest BCUT2D eigenvalue weighted by Gasteiger charge is -2.30. The number of piperidine rings is 1. The van der Waals surface area contributed by atoms with Gasteiger partial charge in [-0.05, 0) is 56.6 Å². The lowest BCUT2D eigenvalue weighted by molar-refractivity contribution is -0.129. The molecule has 1 fully saturated rings. The predicted molar refractivity (Wildman–Crippen MR) is 106 cm³/mol. The number of benzene rings is 1. The summed E-state index contributed by atoms with van der Waals surface area (Å²) in [4.78, 5) is 19.6. The van der Waals surface area contributed by atoms with Gasteiger partial charge in [-0.2, -0.15) is 0 Å². The predicted octanol–water partition coefficient (Wildman–Crippen LogP) is 4.10. The van der Waals surface area contributed by atoms with E-state index < -0.39 is 0 Å². The van der Waals surface area contributed by atoms with E-state index in [-0.39, 0.29) is 5.91 Å². The Balaban J connectivity index is 1.53. The van der Waals surface area contributed by atoms with Gasteiger partial charge in [0.05, 0.1) is 11.4 Å². The second-order valence-corrected chi connectivity index (χ2v) is 8.46. The number of carbonyl (C=O) groups excluding carboxylic acids is 1. The van der Waals surface area contributed by atoms with Crippen molar-refractivity contribution in [2.45, 2.75) is 50.6 Å². The standard InChI is InChI=1S/C21H27N3OS/c1-16-11-13-23(14-12-16)20(25)15-26-21-22-18-9-5-6-10-19(18)24(21)17-7-3-2-4-8-17/h2-4,7-8,16H,5-6,9-15H2,1H3. The molecule has 138 valence electrons. The van der Waals surface area contributed by atoms with E-state index in [1.54, 1.807) is 11.8 Å². The highest BCUT2D eigenvalue weighted by molar-refractivity contribution is 7.99. The number of fused-ring (bicyclic) bond motifs is 1. The third-order valence-electron chi connectivity index (χ3n) is 5.58. The first-order valence-electron chi connectivity index (χ1n) is 9.79. The van der Waals surface area contributed by atoms with Crippen molar-refractivity contribution in [3.63, 3.8) is 0 Å². The van der Waals surface area contributed by atoms with Crippen molar-refractivity contribution >= 4 is 17.7 Å². The summed E-state index contributed by atoms with van der Waals surface area (Å²) in [7, 11) is 0. The van der Waals surface area contributed by atoms with Gasteiger partial charge in [0.15, 0.2) is 5.16 Å². The molecule has 4 nitrogen and oxygen atoms in total. The Hall–Kier alpha value is -1.75. The van der Waals surface area contributed by atoms with Crippen LogP contribution in [0.15, 0.2) is 35.5 Å². The summed E-state index contributed by atoms with van der Waals surface area (Å²) in [6.45, 7) is 4.09. The normalized spacial score (nSPS) is 18.0. The van der Waals surface area contributed by atoms with E-state index in [0.717, 1.165) is 55.5 Å². The summed E-state index contributed by atoms with van der Waals surface area (Å²) in [5.74, 6) is 1.48. The van der Waals surface area contributed by atoms with Gasteiger partial charge in [0.2, 0.25) is 5.91 Å². The highest BCUT2D eigenvalue weighted by Gasteiger charge is 2.24. The number of para-hydroxylation sites is 1. The van der Waals surface area contributed by atoms with Crippen LogP contribution in [0.4, 0.5) is 0 Å². The molecule has 0 unspecified atom stereocenters. The Kier molecular flexibility index (Phi) is 5.34. The molecule has 1 saturated heterocycles. The van der Waals surface area contributed by atoms with Gasteiger partial charge in [-0.1, -0.05) is 36.9 Å². The second kappa shape index (κ2) is 7.87. The first-order valence-corrected chi connectivity index (χ1v) is 10.8. The molecule has 5 heteroatoms. The number of hydrogen-bond acceptors (Lipinski definition) is 3. The number of likely N-dealkylation sites (tertiary alicyclic amines) is 1. The minimum Gasteiger partial charge on any atom is -0.342 e. The highest BCUT2D eigenvalue weighted by Crippen LogP contribution is 2.31. The first-order chi connectivity index (χ1) is 12.7. The van der Waals surface area contributed by atoms with Gasteiger partial charge < -0.3 is 4.90 Å². The van der Waals surface area contributed by atoms with E-state index in [0.29, 0.717) is 5.75 Å². The van der Waals surface area contributed by atoms with Gasteiger partial charge in [0, 0.05) is 24.5 Å². The summed E-state index contributed by atoms with van der Waals surface area (Å²) >= 11 is 1.60. The van der Waals surface area contributed by atoms with Crippen molar-refractivity contribution in [2.24, 2.45) is 5.92 Å².